The molecule has 5 nitrogen and oxygen atoms in total. The van der Waals surface area contributed by atoms with Crippen molar-refractivity contribution in [3.05, 3.63) is 29.6 Å². The number of amides is 1. The van der Waals surface area contributed by atoms with E-state index in [1.807, 2.05) is 17.9 Å². The molecule has 1 aromatic rings. The van der Waals surface area contributed by atoms with E-state index >= 15 is 0 Å². The molecule has 1 amide bonds. The molecule has 0 spiro atoms. The third-order valence-electron chi connectivity index (χ3n) is 4.65. The van der Waals surface area contributed by atoms with Crippen LogP contribution in [0.3, 0.4) is 0 Å². The lowest BCUT2D eigenvalue weighted by molar-refractivity contribution is -0.138. The van der Waals surface area contributed by atoms with Crippen molar-refractivity contribution < 1.29 is 14.7 Å². The van der Waals surface area contributed by atoms with Gasteiger partial charge in [-0.15, -0.1) is 0 Å². The number of aromatic nitrogens is 1. The van der Waals surface area contributed by atoms with E-state index in [-0.39, 0.29) is 30.3 Å². The fraction of sp³-hybridized carbons (Fsp3) is 0.562. The Hall–Kier alpha value is -1.91. The van der Waals surface area contributed by atoms with Crippen molar-refractivity contribution >= 4 is 11.9 Å². The third kappa shape index (κ3) is 2.77. The van der Waals surface area contributed by atoms with Gasteiger partial charge in [0, 0.05) is 30.9 Å². The van der Waals surface area contributed by atoms with Gasteiger partial charge in [0.2, 0.25) is 0 Å². The van der Waals surface area contributed by atoms with Gasteiger partial charge >= 0.3 is 5.97 Å². The second-order valence-corrected chi connectivity index (χ2v) is 6.28. The zero-order valence-electron chi connectivity index (χ0n) is 12.2. The van der Waals surface area contributed by atoms with Crippen molar-refractivity contribution in [3.63, 3.8) is 0 Å². The number of carbonyl (C=O) groups excluding carboxylic acids is 1. The minimum absolute atomic E-state index is 0.0486. The number of fused-ring (bicyclic) bond motifs is 2. The van der Waals surface area contributed by atoms with Crippen molar-refractivity contribution in [2.45, 2.75) is 51.1 Å². The molecule has 0 aliphatic carbocycles. The SMILES string of the molecule is Cc1cncc(C(=O)N2C3CCC2CC(CC(=O)O)C3)c1. The van der Waals surface area contributed by atoms with Crippen LogP contribution in [0.5, 0.6) is 0 Å². The van der Waals surface area contributed by atoms with E-state index in [0.717, 1.165) is 31.2 Å². The fourth-order valence-electron chi connectivity index (χ4n) is 3.86. The predicted octanol–water partition coefficient (Wildman–Crippen LogP) is 2.25. The summed E-state index contributed by atoms with van der Waals surface area (Å²) in [5.74, 6) is -0.478. The number of aryl methyl sites for hydroxylation is 1. The lowest BCUT2D eigenvalue weighted by Gasteiger charge is -2.38. The summed E-state index contributed by atoms with van der Waals surface area (Å²) in [5, 5.41) is 8.95. The highest BCUT2D eigenvalue weighted by Gasteiger charge is 2.43. The Morgan fingerprint density at radius 1 is 1.29 bits per heavy atom. The summed E-state index contributed by atoms with van der Waals surface area (Å²) in [6, 6.07) is 2.26. The van der Waals surface area contributed by atoms with Gasteiger partial charge < -0.3 is 10.0 Å². The minimum Gasteiger partial charge on any atom is -0.481 e. The lowest BCUT2D eigenvalue weighted by atomic mass is 9.88. The van der Waals surface area contributed by atoms with Gasteiger partial charge in [-0.25, -0.2) is 0 Å². The second-order valence-electron chi connectivity index (χ2n) is 6.28. The number of carboxylic acid groups (broad SMARTS) is 1. The summed E-state index contributed by atoms with van der Waals surface area (Å²) in [7, 11) is 0. The molecule has 0 radical (unpaired) electrons. The number of aliphatic carboxylic acids is 1. The number of piperidine rings is 1. The van der Waals surface area contributed by atoms with Gasteiger partial charge in [-0.05, 0) is 50.2 Å². The number of pyridine rings is 1. The highest BCUT2D eigenvalue weighted by Crippen LogP contribution is 2.40. The zero-order chi connectivity index (χ0) is 15.0. The third-order valence-corrected chi connectivity index (χ3v) is 4.65. The van der Waals surface area contributed by atoms with Crippen molar-refractivity contribution in [1.82, 2.24) is 9.88 Å². The van der Waals surface area contributed by atoms with Gasteiger partial charge in [-0.3, -0.25) is 14.6 Å². The molecule has 2 aliphatic rings. The maximum atomic E-state index is 12.7. The van der Waals surface area contributed by atoms with Gasteiger partial charge in [-0.1, -0.05) is 0 Å². The first kappa shape index (κ1) is 14.0. The fourth-order valence-corrected chi connectivity index (χ4v) is 3.86. The Labute approximate surface area is 124 Å². The van der Waals surface area contributed by atoms with Crippen LogP contribution in [-0.2, 0) is 4.79 Å². The molecule has 2 saturated heterocycles. The summed E-state index contributed by atoms with van der Waals surface area (Å²) in [4.78, 5) is 29.7. The number of carbonyl (C=O) groups is 2. The zero-order valence-corrected chi connectivity index (χ0v) is 12.2. The second kappa shape index (κ2) is 5.47. The standard InChI is InChI=1S/C16H20N2O3/c1-10-4-12(9-17-8-10)16(21)18-13-2-3-14(18)6-11(5-13)7-15(19)20/h4,8-9,11,13-14H,2-3,5-7H2,1H3,(H,19,20). The molecule has 0 aromatic carbocycles. The maximum Gasteiger partial charge on any atom is 0.303 e. The van der Waals surface area contributed by atoms with E-state index in [9.17, 15) is 9.59 Å². The van der Waals surface area contributed by atoms with E-state index in [0.29, 0.717) is 5.56 Å². The molecule has 2 bridgehead atoms. The van der Waals surface area contributed by atoms with Crippen molar-refractivity contribution in [1.29, 1.82) is 0 Å². The van der Waals surface area contributed by atoms with Gasteiger partial charge in [0.1, 0.15) is 0 Å². The Morgan fingerprint density at radius 2 is 1.95 bits per heavy atom. The van der Waals surface area contributed by atoms with Crippen LogP contribution in [0, 0.1) is 12.8 Å². The first-order valence-electron chi connectivity index (χ1n) is 7.50. The minimum atomic E-state index is -0.734. The number of nitrogens with zero attached hydrogens (tertiary/aromatic N) is 2. The van der Waals surface area contributed by atoms with Crippen molar-refractivity contribution in [2.75, 3.05) is 0 Å². The molecule has 1 N–H and O–H groups in total. The molecule has 1 aromatic heterocycles. The summed E-state index contributed by atoms with van der Waals surface area (Å²) >= 11 is 0. The van der Waals surface area contributed by atoms with Gasteiger partial charge in [0.25, 0.3) is 5.91 Å². The summed E-state index contributed by atoms with van der Waals surface area (Å²) in [6.07, 6.45) is 7.20. The number of carboxylic acids is 1. The molecule has 112 valence electrons. The summed E-state index contributed by atoms with van der Waals surface area (Å²) < 4.78 is 0. The molecular formula is C16H20N2O3. The van der Waals surface area contributed by atoms with Crippen LogP contribution in [0.25, 0.3) is 0 Å². The highest BCUT2D eigenvalue weighted by atomic mass is 16.4. The van der Waals surface area contributed by atoms with Crippen molar-refractivity contribution in [2.24, 2.45) is 5.92 Å². The molecule has 21 heavy (non-hydrogen) atoms. The first-order chi connectivity index (χ1) is 10.0. The number of rotatable bonds is 3. The Balaban J connectivity index is 1.76. The largest absolute Gasteiger partial charge is 0.481 e. The molecule has 2 aliphatic heterocycles. The average Bonchev–Trinajstić information content (AvgIpc) is 2.69. The van der Waals surface area contributed by atoms with Crippen LogP contribution < -0.4 is 0 Å². The lowest BCUT2D eigenvalue weighted by Crippen LogP contribution is -2.46. The van der Waals surface area contributed by atoms with Crippen LogP contribution >= 0.6 is 0 Å². The smallest absolute Gasteiger partial charge is 0.303 e. The molecule has 2 unspecified atom stereocenters. The Bertz CT molecular complexity index is 558. The van der Waals surface area contributed by atoms with E-state index < -0.39 is 5.97 Å². The maximum absolute atomic E-state index is 12.7. The van der Waals surface area contributed by atoms with Gasteiger partial charge in [0.15, 0.2) is 0 Å². The molecule has 3 rings (SSSR count). The number of hydrogen-bond acceptors (Lipinski definition) is 3. The van der Waals surface area contributed by atoms with E-state index in [4.69, 9.17) is 5.11 Å². The predicted molar refractivity (Wildman–Crippen MR) is 76.9 cm³/mol. The van der Waals surface area contributed by atoms with Gasteiger partial charge in [-0.2, -0.15) is 0 Å². The van der Waals surface area contributed by atoms with E-state index in [1.165, 1.54) is 0 Å². The molecule has 5 heteroatoms. The van der Waals surface area contributed by atoms with Crippen LogP contribution in [0.15, 0.2) is 18.5 Å². The summed E-state index contributed by atoms with van der Waals surface area (Å²) in [6.45, 7) is 1.93. The molecule has 3 heterocycles. The highest BCUT2D eigenvalue weighted by molar-refractivity contribution is 5.94. The van der Waals surface area contributed by atoms with E-state index in [1.54, 1.807) is 12.4 Å². The van der Waals surface area contributed by atoms with Crippen LogP contribution in [-0.4, -0.2) is 39.0 Å². The Morgan fingerprint density at radius 3 is 2.52 bits per heavy atom. The average molecular weight is 288 g/mol. The normalized spacial score (nSPS) is 27.7. The molecule has 2 atom stereocenters. The van der Waals surface area contributed by atoms with Crippen molar-refractivity contribution in [3.8, 4) is 0 Å². The van der Waals surface area contributed by atoms with E-state index in [2.05, 4.69) is 4.98 Å². The van der Waals surface area contributed by atoms with Gasteiger partial charge in [0.05, 0.1) is 5.56 Å². The van der Waals surface area contributed by atoms with Crippen LogP contribution in [0.2, 0.25) is 0 Å². The monoisotopic (exact) mass is 288 g/mol. The Kier molecular flexibility index (Phi) is 3.66. The van der Waals surface area contributed by atoms with Crippen LogP contribution in [0.1, 0.15) is 48.0 Å². The first-order valence-corrected chi connectivity index (χ1v) is 7.50. The quantitative estimate of drug-likeness (QED) is 0.926. The summed E-state index contributed by atoms with van der Waals surface area (Å²) in [5.41, 5.74) is 1.62. The molecular weight excluding hydrogens is 268 g/mol. The molecule has 2 fully saturated rings. The van der Waals surface area contributed by atoms with Crippen LogP contribution in [0.4, 0.5) is 0 Å². The topological polar surface area (TPSA) is 70.5 Å². The molecule has 0 saturated carbocycles. The number of hydrogen-bond donors (Lipinski definition) is 1.